The summed E-state index contributed by atoms with van der Waals surface area (Å²) in [4.78, 5) is 37.9. The third-order valence-corrected chi connectivity index (χ3v) is 6.74. The Morgan fingerprint density at radius 2 is 2.00 bits per heavy atom. The van der Waals surface area contributed by atoms with Gasteiger partial charge in [0.05, 0.1) is 24.0 Å². The molecule has 1 saturated carbocycles. The minimum atomic E-state index is -1.46. The molecule has 0 aromatic carbocycles. The number of ether oxygens (including phenoxy) is 1. The van der Waals surface area contributed by atoms with E-state index in [4.69, 9.17) is 4.74 Å². The standard InChI is InChI=1S/C25H28N6O4/c1-35-21-7-5-18-22(31-21)19(10-13-26-18)29-24(33)25(34)11-8-16(9-12-25)27-14-17-4-2-15-3-6-20(32)30-23(15)28-17/h2,4-5,7,10,13,16,27,34H,3,6,8-9,11-12,14H2,1H3,(H,26,29,33)(H,28,30,32). The van der Waals surface area contributed by atoms with E-state index >= 15 is 0 Å². The molecule has 182 valence electrons. The molecule has 35 heavy (non-hydrogen) atoms. The predicted molar refractivity (Wildman–Crippen MR) is 130 cm³/mol. The summed E-state index contributed by atoms with van der Waals surface area (Å²) in [6.07, 6.45) is 4.77. The lowest BCUT2D eigenvalue weighted by Crippen LogP contribution is -2.48. The molecule has 3 aromatic heterocycles. The molecule has 0 atom stereocenters. The Hall–Kier alpha value is -3.63. The fraction of sp³-hybridized carbons (Fsp3) is 0.400. The van der Waals surface area contributed by atoms with Crippen LogP contribution in [-0.4, -0.2) is 50.6 Å². The second-order valence-electron chi connectivity index (χ2n) is 9.08. The number of hydrogen-bond acceptors (Lipinski definition) is 8. The molecule has 2 aliphatic rings. The summed E-state index contributed by atoms with van der Waals surface area (Å²) in [5.74, 6) is 0.614. The number of anilines is 2. The number of amides is 2. The summed E-state index contributed by atoms with van der Waals surface area (Å²) >= 11 is 0. The quantitative estimate of drug-likeness (QED) is 0.425. The molecular weight excluding hydrogens is 448 g/mol. The highest BCUT2D eigenvalue weighted by molar-refractivity contribution is 6.02. The maximum atomic E-state index is 13.0. The van der Waals surface area contributed by atoms with Gasteiger partial charge >= 0.3 is 0 Å². The molecule has 0 bridgehead atoms. The van der Waals surface area contributed by atoms with Gasteiger partial charge in [0.25, 0.3) is 5.91 Å². The number of rotatable bonds is 6. The molecule has 5 rings (SSSR count). The van der Waals surface area contributed by atoms with Crippen molar-refractivity contribution in [1.29, 1.82) is 0 Å². The summed E-state index contributed by atoms with van der Waals surface area (Å²) < 4.78 is 5.19. The van der Waals surface area contributed by atoms with E-state index in [1.807, 2.05) is 12.1 Å². The lowest BCUT2D eigenvalue weighted by atomic mass is 9.81. The van der Waals surface area contributed by atoms with Crippen LogP contribution in [0.15, 0.2) is 36.5 Å². The minimum Gasteiger partial charge on any atom is -0.481 e. The van der Waals surface area contributed by atoms with E-state index in [0.29, 0.717) is 73.5 Å². The average molecular weight is 477 g/mol. The fourth-order valence-electron chi connectivity index (χ4n) is 4.62. The number of aliphatic hydroxyl groups is 1. The van der Waals surface area contributed by atoms with Crippen LogP contribution in [0.1, 0.15) is 43.4 Å². The lowest BCUT2D eigenvalue weighted by Gasteiger charge is -2.35. The summed E-state index contributed by atoms with van der Waals surface area (Å²) in [6, 6.07) is 9.28. The van der Waals surface area contributed by atoms with Crippen LogP contribution in [0, 0.1) is 0 Å². The first kappa shape index (κ1) is 23.1. The van der Waals surface area contributed by atoms with Crippen LogP contribution >= 0.6 is 0 Å². The average Bonchev–Trinajstić information content (AvgIpc) is 2.88. The van der Waals surface area contributed by atoms with Gasteiger partial charge in [-0.3, -0.25) is 14.6 Å². The van der Waals surface area contributed by atoms with Gasteiger partial charge in [0.15, 0.2) is 0 Å². The van der Waals surface area contributed by atoms with E-state index in [-0.39, 0.29) is 11.9 Å². The SMILES string of the molecule is COc1ccc2nccc(NC(=O)C3(O)CCC(NCc4ccc5c(n4)NC(=O)CC5)CC3)c2n1. The number of aromatic nitrogens is 3. The van der Waals surface area contributed by atoms with Crippen molar-refractivity contribution in [1.82, 2.24) is 20.3 Å². The third-order valence-electron chi connectivity index (χ3n) is 6.74. The number of pyridine rings is 3. The molecule has 10 heteroatoms. The summed E-state index contributed by atoms with van der Waals surface area (Å²) in [5.41, 5.74) is 2.06. The maximum Gasteiger partial charge on any atom is 0.256 e. The Balaban J connectivity index is 1.18. The van der Waals surface area contributed by atoms with Crippen LogP contribution in [0.5, 0.6) is 5.88 Å². The van der Waals surface area contributed by atoms with Crippen molar-refractivity contribution >= 4 is 34.4 Å². The molecule has 0 saturated heterocycles. The van der Waals surface area contributed by atoms with Crippen LogP contribution in [0.3, 0.4) is 0 Å². The topological polar surface area (TPSA) is 138 Å². The Labute approximate surface area is 202 Å². The molecule has 4 heterocycles. The molecule has 4 N–H and O–H groups in total. The zero-order valence-corrected chi connectivity index (χ0v) is 19.5. The highest BCUT2D eigenvalue weighted by Gasteiger charge is 2.40. The monoisotopic (exact) mass is 476 g/mol. The molecule has 0 radical (unpaired) electrons. The first-order chi connectivity index (χ1) is 16.9. The zero-order valence-electron chi connectivity index (χ0n) is 19.5. The normalized spacial score (nSPS) is 21.8. The van der Waals surface area contributed by atoms with Gasteiger partial charge in [0, 0.05) is 31.3 Å². The van der Waals surface area contributed by atoms with Gasteiger partial charge in [-0.2, -0.15) is 0 Å². The Kier molecular flexibility index (Phi) is 6.31. The molecule has 1 aliphatic heterocycles. The number of aryl methyl sites for hydroxylation is 1. The summed E-state index contributed by atoms with van der Waals surface area (Å²) in [6.45, 7) is 0.551. The Morgan fingerprint density at radius 1 is 1.17 bits per heavy atom. The summed E-state index contributed by atoms with van der Waals surface area (Å²) in [5, 5.41) is 20.2. The lowest BCUT2D eigenvalue weighted by molar-refractivity contribution is -0.137. The first-order valence-corrected chi connectivity index (χ1v) is 11.8. The molecule has 1 aliphatic carbocycles. The number of methoxy groups -OCH3 is 1. The van der Waals surface area contributed by atoms with Gasteiger partial charge in [-0.05, 0) is 55.9 Å². The Morgan fingerprint density at radius 3 is 2.80 bits per heavy atom. The molecule has 10 nitrogen and oxygen atoms in total. The van der Waals surface area contributed by atoms with E-state index in [2.05, 4.69) is 30.9 Å². The number of carbonyl (C=O) groups excluding carboxylic acids is 2. The molecule has 2 amide bonds. The third kappa shape index (κ3) is 4.94. The molecule has 1 fully saturated rings. The maximum absolute atomic E-state index is 13.0. The number of nitrogens with zero attached hydrogens (tertiary/aromatic N) is 3. The zero-order chi connectivity index (χ0) is 24.4. The number of fused-ring (bicyclic) bond motifs is 2. The molecular formula is C25H28N6O4. The van der Waals surface area contributed by atoms with Crippen LogP contribution in [0.2, 0.25) is 0 Å². The van der Waals surface area contributed by atoms with Crippen LogP contribution in [-0.2, 0) is 22.6 Å². The Bertz CT molecular complexity index is 1270. The van der Waals surface area contributed by atoms with Gasteiger partial charge in [0.1, 0.15) is 16.9 Å². The predicted octanol–water partition coefficient (Wildman–Crippen LogP) is 2.32. The van der Waals surface area contributed by atoms with E-state index in [1.54, 1.807) is 24.4 Å². The van der Waals surface area contributed by atoms with Gasteiger partial charge < -0.3 is 25.8 Å². The number of hydrogen-bond donors (Lipinski definition) is 4. The number of carbonyl (C=O) groups is 2. The van der Waals surface area contributed by atoms with Crippen molar-refractivity contribution in [2.24, 2.45) is 0 Å². The van der Waals surface area contributed by atoms with Gasteiger partial charge in [-0.1, -0.05) is 6.07 Å². The van der Waals surface area contributed by atoms with E-state index in [1.165, 1.54) is 7.11 Å². The largest absolute Gasteiger partial charge is 0.481 e. The van der Waals surface area contributed by atoms with E-state index in [0.717, 1.165) is 11.3 Å². The van der Waals surface area contributed by atoms with Crippen molar-refractivity contribution in [2.45, 2.75) is 56.7 Å². The van der Waals surface area contributed by atoms with Crippen molar-refractivity contribution in [3.63, 3.8) is 0 Å². The minimum absolute atomic E-state index is 0.00497. The van der Waals surface area contributed by atoms with Crippen molar-refractivity contribution in [2.75, 3.05) is 17.7 Å². The second kappa shape index (κ2) is 9.55. The first-order valence-electron chi connectivity index (χ1n) is 11.8. The van der Waals surface area contributed by atoms with Crippen LogP contribution in [0.4, 0.5) is 11.5 Å². The number of nitrogens with one attached hydrogen (secondary N) is 3. The van der Waals surface area contributed by atoms with Crippen LogP contribution in [0.25, 0.3) is 11.0 Å². The van der Waals surface area contributed by atoms with Crippen molar-refractivity contribution in [3.8, 4) is 5.88 Å². The highest BCUT2D eigenvalue weighted by Crippen LogP contribution is 2.31. The van der Waals surface area contributed by atoms with Crippen molar-refractivity contribution in [3.05, 3.63) is 47.8 Å². The van der Waals surface area contributed by atoms with Gasteiger partial charge in [0.2, 0.25) is 11.8 Å². The van der Waals surface area contributed by atoms with E-state index < -0.39 is 11.5 Å². The second-order valence-corrected chi connectivity index (χ2v) is 9.08. The highest BCUT2D eigenvalue weighted by atomic mass is 16.5. The fourth-order valence-corrected chi connectivity index (χ4v) is 4.62. The molecule has 0 unspecified atom stereocenters. The van der Waals surface area contributed by atoms with E-state index in [9.17, 15) is 14.7 Å². The van der Waals surface area contributed by atoms with Gasteiger partial charge in [-0.15, -0.1) is 0 Å². The summed E-state index contributed by atoms with van der Waals surface area (Å²) in [7, 11) is 1.53. The molecule has 3 aromatic rings. The smallest absolute Gasteiger partial charge is 0.256 e. The molecule has 0 spiro atoms. The van der Waals surface area contributed by atoms with Gasteiger partial charge in [-0.25, -0.2) is 9.97 Å². The van der Waals surface area contributed by atoms with Crippen LogP contribution < -0.4 is 20.7 Å². The van der Waals surface area contributed by atoms with Crippen molar-refractivity contribution < 1.29 is 19.4 Å².